The number of nitrogens with zero attached hydrogens (tertiary/aromatic N) is 2. The molecule has 0 saturated carbocycles. The second-order valence-electron chi connectivity index (χ2n) is 7.22. The summed E-state index contributed by atoms with van der Waals surface area (Å²) < 4.78 is 6.30. The molecule has 2 amide bonds. The fraction of sp³-hybridized carbons (Fsp3) is 0.364. The lowest BCUT2D eigenvalue weighted by molar-refractivity contribution is -0.153. The number of amides is 2. The van der Waals surface area contributed by atoms with Crippen molar-refractivity contribution in [3.05, 3.63) is 58.6 Å². The van der Waals surface area contributed by atoms with Gasteiger partial charge in [-0.2, -0.15) is 0 Å². The maximum Gasteiger partial charge on any atom is 0.254 e. The van der Waals surface area contributed by atoms with E-state index in [9.17, 15) is 19.8 Å². The van der Waals surface area contributed by atoms with Crippen molar-refractivity contribution in [3.8, 4) is 5.75 Å². The van der Waals surface area contributed by atoms with E-state index in [0.717, 1.165) is 21.5 Å². The van der Waals surface area contributed by atoms with Crippen molar-refractivity contribution in [2.24, 2.45) is 0 Å². The maximum atomic E-state index is 12.6. The van der Waals surface area contributed by atoms with Gasteiger partial charge in [0.05, 0.1) is 12.8 Å². The van der Waals surface area contributed by atoms with Gasteiger partial charge in [-0.3, -0.25) is 9.59 Å². The highest BCUT2D eigenvalue weighted by Crippen LogP contribution is 2.28. The number of methoxy groups -OCH3 is 1. The number of piperazine rings is 1. The zero-order valence-electron chi connectivity index (χ0n) is 17.2. The number of carbonyl (C=O) groups excluding carboxylic acids is 2. The van der Waals surface area contributed by atoms with Crippen LogP contribution in [0.25, 0.3) is 0 Å². The smallest absolute Gasteiger partial charge is 0.254 e. The van der Waals surface area contributed by atoms with E-state index in [1.807, 2.05) is 48.5 Å². The van der Waals surface area contributed by atoms with Gasteiger partial charge in [0.2, 0.25) is 0 Å². The number of rotatable bonds is 7. The quantitative estimate of drug-likeness (QED) is 0.536. The molecule has 3 rings (SSSR count). The largest absolute Gasteiger partial charge is 0.495 e. The molecule has 0 spiro atoms. The molecule has 3 N–H and O–H groups in total. The van der Waals surface area contributed by atoms with Gasteiger partial charge in [0.15, 0.2) is 12.2 Å². The van der Waals surface area contributed by atoms with Gasteiger partial charge in [-0.25, -0.2) is 0 Å². The van der Waals surface area contributed by atoms with Gasteiger partial charge in [0, 0.05) is 37.2 Å². The van der Waals surface area contributed by atoms with Crippen LogP contribution in [0.1, 0.15) is 5.56 Å². The van der Waals surface area contributed by atoms with Crippen LogP contribution in [0.3, 0.4) is 0 Å². The lowest BCUT2D eigenvalue weighted by Crippen LogP contribution is -2.55. The molecule has 0 aromatic heterocycles. The van der Waals surface area contributed by atoms with E-state index >= 15 is 0 Å². The van der Waals surface area contributed by atoms with E-state index in [0.29, 0.717) is 26.2 Å². The monoisotopic (exact) mass is 491 g/mol. The highest BCUT2D eigenvalue weighted by molar-refractivity contribution is 9.10. The number of benzene rings is 2. The first-order valence-corrected chi connectivity index (χ1v) is 10.7. The van der Waals surface area contributed by atoms with Crippen molar-refractivity contribution in [3.63, 3.8) is 0 Å². The van der Waals surface area contributed by atoms with Crippen molar-refractivity contribution < 1.29 is 24.5 Å². The minimum Gasteiger partial charge on any atom is -0.495 e. The summed E-state index contributed by atoms with van der Waals surface area (Å²) in [4.78, 5) is 28.4. The summed E-state index contributed by atoms with van der Waals surface area (Å²) in [5, 5.41) is 23.0. The minimum absolute atomic E-state index is 0.182. The van der Waals surface area contributed by atoms with Crippen LogP contribution < -0.4 is 15.0 Å². The molecule has 2 unspecified atom stereocenters. The van der Waals surface area contributed by atoms with E-state index in [-0.39, 0.29) is 6.54 Å². The van der Waals surface area contributed by atoms with Gasteiger partial charge in [-0.1, -0.05) is 40.2 Å². The molecule has 8 nitrogen and oxygen atoms in total. The van der Waals surface area contributed by atoms with E-state index in [1.54, 1.807) is 7.11 Å². The van der Waals surface area contributed by atoms with Crippen LogP contribution >= 0.6 is 15.9 Å². The first-order valence-electron chi connectivity index (χ1n) is 9.95. The molecule has 0 aliphatic carbocycles. The number of ether oxygens (including phenoxy) is 1. The van der Waals surface area contributed by atoms with E-state index < -0.39 is 24.0 Å². The molecule has 2 aromatic carbocycles. The van der Waals surface area contributed by atoms with Gasteiger partial charge >= 0.3 is 0 Å². The molecule has 31 heavy (non-hydrogen) atoms. The average molecular weight is 492 g/mol. The summed E-state index contributed by atoms with van der Waals surface area (Å²) in [6.45, 7) is 2.00. The summed E-state index contributed by atoms with van der Waals surface area (Å²) >= 11 is 3.33. The predicted molar refractivity (Wildman–Crippen MR) is 120 cm³/mol. The molecule has 1 saturated heterocycles. The topological polar surface area (TPSA) is 102 Å². The van der Waals surface area contributed by atoms with Crippen molar-refractivity contribution in [2.45, 2.75) is 18.8 Å². The third-order valence-corrected chi connectivity index (χ3v) is 5.75. The number of hydrogen-bond donors (Lipinski definition) is 3. The summed E-state index contributed by atoms with van der Waals surface area (Å²) in [6.07, 6.45) is -3.65. The molecule has 2 atom stereocenters. The molecular formula is C22H26BrN3O5. The van der Waals surface area contributed by atoms with Gasteiger partial charge in [-0.05, 0) is 29.8 Å². The van der Waals surface area contributed by atoms with Gasteiger partial charge in [0.25, 0.3) is 11.8 Å². The summed E-state index contributed by atoms with van der Waals surface area (Å²) in [7, 11) is 1.61. The third kappa shape index (κ3) is 5.75. The maximum absolute atomic E-state index is 12.6. The van der Waals surface area contributed by atoms with Crippen LogP contribution in [0.5, 0.6) is 5.75 Å². The van der Waals surface area contributed by atoms with Gasteiger partial charge in [0.1, 0.15) is 5.75 Å². The Labute approximate surface area is 189 Å². The van der Waals surface area contributed by atoms with Crippen LogP contribution in [0.4, 0.5) is 5.69 Å². The first kappa shape index (κ1) is 23.1. The highest BCUT2D eigenvalue weighted by Gasteiger charge is 2.34. The SMILES string of the molecule is COc1ccccc1N1CCN(C(=O)C(O)C(O)C(=O)NCc2ccc(Br)cc2)CC1. The van der Waals surface area contributed by atoms with Crippen molar-refractivity contribution in [1.82, 2.24) is 10.2 Å². The van der Waals surface area contributed by atoms with Crippen LogP contribution in [0, 0.1) is 0 Å². The second kappa shape index (κ2) is 10.6. The molecule has 0 bridgehead atoms. The number of aliphatic hydroxyl groups is 2. The highest BCUT2D eigenvalue weighted by atomic mass is 79.9. The molecule has 166 valence electrons. The molecular weight excluding hydrogens is 466 g/mol. The Morgan fingerprint density at radius 1 is 1.03 bits per heavy atom. The number of aliphatic hydroxyl groups excluding tert-OH is 2. The Kier molecular flexibility index (Phi) is 7.89. The Hall–Kier alpha value is -2.62. The normalized spacial score (nSPS) is 15.9. The lowest BCUT2D eigenvalue weighted by atomic mass is 10.1. The van der Waals surface area contributed by atoms with Crippen LogP contribution in [-0.4, -0.2) is 72.4 Å². The molecule has 9 heteroatoms. The van der Waals surface area contributed by atoms with Crippen LogP contribution in [0.15, 0.2) is 53.0 Å². The van der Waals surface area contributed by atoms with Gasteiger partial charge < -0.3 is 30.1 Å². The fourth-order valence-electron chi connectivity index (χ4n) is 3.42. The molecule has 1 heterocycles. The molecule has 1 aliphatic rings. The first-order chi connectivity index (χ1) is 14.9. The summed E-state index contributed by atoms with van der Waals surface area (Å²) in [6, 6.07) is 14.9. The fourth-order valence-corrected chi connectivity index (χ4v) is 3.68. The molecule has 1 aliphatic heterocycles. The zero-order valence-corrected chi connectivity index (χ0v) is 18.8. The molecule has 0 radical (unpaired) electrons. The number of halogens is 1. The number of carbonyl (C=O) groups is 2. The number of hydrogen-bond acceptors (Lipinski definition) is 6. The van der Waals surface area contributed by atoms with Crippen LogP contribution in [-0.2, 0) is 16.1 Å². The number of nitrogens with one attached hydrogen (secondary N) is 1. The lowest BCUT2D eigenvalue weighted by Gasteiger charge is -2.37. The Morgan fingerprint density at radius 2 is 1.68 bits per heavy atom. The molecule has 2 aromatic rings. The summed E-state index contributed by atoms with van der Waals surface area (Å²) in [5.41, 5.74) is 1.77. The Bertz CT molecular complexity index is 900. The number of para-hydroxylation sites is 2. The third-order valence-electron chi connectivity index (χ3n) is 5.22. The summed E-state index contributed by atoms with van der Waals surface area (Å²) in [5.74, 6) is -0.706. The van der Waals surface area contributed by atoms with Gasteiger partial charge in [-0.15, -0.1) is 0 Å². The van der Waals surface area contributed by atoms with E-state index in [4.69, 9.17) is 4.74 Å². The van der Waals surface area contributed by atoms with E-state index in [1.165, 1.54) is 4.90 Å². The Balaban J connectivity index is 1.51. The Morgan fingerprint density at radius 3 is 2.32 bits per heavy atom. The zero-order chi connectivity index (χ0) is 22.4. The average Bonchev–Trinajstić information content (AvgIpc) is 2.82. The standard InChI is InChI=1S/C22H26BrN3O5/c1-31-18-5-3-2-4-17(18)25-10-12-26(13-11-25)22(30)20(28)19(27)21(29)24-14-15-6-8-16(23)9-7-15/h2-9,19-20,27-28H,10-14H2,1H3,(H,24,29). The van der Waals surface area contributed by atoms with E-state index in [2.05, 4.69) is 26.1 Å². The predicted octanol–water partition coefficient (Wildman–Crippen LogP) is 1.14. The van der Waals surface area contributed by atoms with Crippen molar-refractivity contribution in [1.29, 1.82) is 0 Å². The van der Waals surface area contributed by atoms with Crippen molar-refractivity contribution in [2.75, 3.05) is 38.2 Å². The minimum atomic E-state index is -1.84. The second-order valence-corrected chi connectivity index (χ2v) is 8.13. The van der Waals surface area contributed by atoms with Crippen LogP contribution in [0.2, 0.25) is 0 Å². The number of anilines is 1. The van der Waals surface area contributed by atoms with Crippen molar-refractivity contribution >= 4 is 33.4 Å². The molecule has 1 fully saturated rings.